The summed E-state index contributed by atoms with van der Waals surface area (Å²) in [6.07, 6.45) is 9.61. The van der Waals surface area contributed by atoms with Crippen LogP contribution in [-0.4, -0.2) is 19.6 Å². The molecule has 88 valence electrons. The Morgan fingerprint density at radius 3 is 2.76 bits per heavy atom. The Labute approximate surface area is 109 Å². The Kier molecular flexibility index (Phi) is 6.40. The van der Waals surface area contributed by atoms with E-state index >= 15 is 0 Å². The van der Waals surface area contributed by atoms with Gasteiger partial charge < -0.3 is 0 Å². The van der Waals surface area contributed by atoms with Gasteiger partial charge in [0, 0.05) is 0 Å². The van der Waals surface area contributed by atoms with Gasteiger partial charge >= 0.3 is 109 Å². The molecule has 0 atom stereocenters. The third kappa shape index (κ3) is 6.12. The van der Waals surface area contributed by atoms with Gasteiger partial charge in [-0.25, -0.2) is 0 Å². The summed E-state index contributed by atoms with van der Waals surface area (Å²) in [4.78, 5) is 11.8. The number of carbonyl (C=O) groups is 1. The molecule has 17 heavy (non-hydrogen) atoms. The van der Waals surface area contributed by atoms with Gasteiger partial charge in [0.25, 0.3) is 0 Å². The van der Waals surface area contributed by atoms with E-state index in [0.29, 0.717) is 0 Å². The molecule has 1 rings (SSSR count). The number of hydrogen-bond donors (Lipinski definition) is 0. The zero-order valence-corrected chi connectivity index (χ0v) is 11.7. The van der Waals surface area contributed by atoms with Crippen LogP contribution in [0.4, 0.5) is 0 Å². The van der Waals surface area contributed by atoms with Gasteiger partial charge in [-0.15, -0.1) is 0 Å². The first-order valence-corrected chi connectivity index (χ1v) is 7.31. The minimum absolute atomic E-state index is 0.103. The zero-order chi connectivity index (χ0) is 12.5. The van der Waals surface area contributed by atoms with Gasteiger partial charge in [-0.3, -0.25) is 0 Å². The Balaban J connectivity index is 2.43. The van der Waals surface area contributed by atoms with Crippen LogP contribution in [0.3, 0.4) is 0 Å². The maximum atomic E-state index is 11.8. The van der Waals surface area contributed by atoms with Crippen molar-refractivity contribution in [1.82, 2.24) is 0 Å². The first-order valence-electron chi connectivity index (χ1n) is 5.60. The average Bonchev–Trinajstić information content (AvgIpc) is 2.30. The van der Waals surface area contributed by atoms with E-state index in [9.17, 15) is 4.79 Å². The molecule has 1 nitrogen and oxygen atoms in total. The van der Waals surface area contributed by atoms with Crippen LogP contribution in [-0.2, 0) is 4.79 Å². The molecule has 1 aromatic carbocycles. The number of allylic oxidation sites excluding steroid dienone is 2. The SMILES string of the molecule is C#CCCC/C(C)=C/C(=O)[Se]c1ccccc1. The Morgan fingerprint density at radius 1 is 1.41 bits per heavy atom. The number of hydrogen-bond acceptors (Lipinski definition) is 1. The molecule has 0 saturated carbocycles. The third-order valence-electron chi connectivity index (χ3n) is 2.22. The van der Waals surface area contributed by atoms with Crippen molar-refractivity contribution in [3.8, 4) is 12.3 Å². The molecule has 0 spiro atoms. The number of benzene rings is 1. The first kappa shape index (κ1) is 13.8. The van der Waals surface area contributed by atoms with E-state index in [1.807, 2.05) is 37.3 Å². The van der Waals surface area contributed by atoms with Crippen molar-refractivity contribution >= 4 is 24.1 Å². The molecule has 1 aromatic rings. The topological polar surface area (TPSA) is 17.1 Å². The second-order valence-electron chi connectivity index (χ2n) is 3.78. The van der Waals surface area contributed by atoms with Gasteiger partial charge in [-0.2, -0.15) is 0 Å². The molecule has 0 amide bonds. The predicted octanol–water partition coefficient (Wildman–Crippen LogP) is 2.29. The normalized spacial score (nSPS) is 10.9. The van der Waals surface area contributed by atoms with Crippen LogP contribution in [0, 0.1) is 12.3 Å². The third-order valence-corrected chi connectivity index (χ3v) is 3.95. The predicted molar refractivity (Wildman–Crippen MR) is 73.3 cm³/mol. The Hall–Kier alpha value is -1.29. The molecule has 2 heteroatoms. The standard InChI is InChI=1S/C15H16OSe/c1-3-4-6-9-13(2)12-15(16)17-14-10-7-5-8-11-14/h1,5,7-8,10-12H,4,6,9H2,2H3/b13-12+. The van der Waals surface area contributed by atoms with Gasteiger partial charge in [0.05, 0.1) is 0 Å². The van der Waals surface area contributed by atoms with Crippen molar-refractivity contribution in [1.29, 1.82) is 0 Å². The van der Waals surface area contributed by atoms with Crippen LogP contribution in [0.2, 0.25) is 0 Å². The summed E-state index contributed by atoms with van der Waals surface area (Å²) in [6.45, 7) is 2.00. The van der Waals surface area contributed by atoms with Gasteiger partial charge in [0.1, 0.15) is 0 Å². The van der Waals surface area contributed by atoms with Crippen molar-refractivity contribution in [3.05, 3.63) is 42.0 Å². The van der Waals surface area contributed by atoms with E-state index in [2.05, 4.69) is 5.92 Å². The Bertz CT molecular complexity index is 426. The van der Waals surface area contributed by atoms with Crippen molar-refractivity contribution in [2.45, 2.75) is 26.2 Å². The van der Waals surface area contributed by atoms with Gasteiger partial charge in [-0.1, -0.05) is 0 Å². The molecular formula is C15H16OSe. The zero-order valence-electron chi connectivity index (χ0n) is 9.98. The minimum atomic E-state index is -0.103. The summed E-state index contributed by atoms with van der Waals surface area (Å²) in [5.74, 6) is 2.61. The molecule has 0 bridgehead atoms. The fraction of sp³-hybridized carbons (Fsp3) is 0.267. The maximum absolute atomic E-state index is 11.8. The summed E-state index contributed by atoms with van der Waals surface area (Å²) < 4.78 is 1.35. The summed E-state index contributed by atoms with van der Waals surface area (Å²) in [5.41, 5.74) is 1.13. The molecular weight excluding hydrogens is 275 g/mol. The number of rotatable bonds is 6. The molecule has 0 aromatic heterocycles. The second kappa shape index (κ2) is 7.90. The molecule has 0 saturated heterocycles. The van der Waals surface area contributed by atoms with Crippen LogP contribution in [0.25, 0.3) is 0 Å². The van der Waals surface area contributed by atoms with Crippen LogP contribution < -0.4 is 4.46 Å². The van der Waals surface area contributed by atoms with Crippen LogP contribution in [0.5, 0.6) is 0 Å². The Morgan fingerprint density at radius 2 is 2.12 bits per heavy atom. The van der Waals surface area contributed by atoms with Crippen LogP contribution in [0.1, 0.15) is 26.2 Å². The van der Waals surface area contributed by atoms with Crippen molar-refractivity contribution in [2.75, 3.05) is 0 Å². The number of carbonyl (C=O) groups excluding carboxylic acids is 1. The van der Waals surface area contributed by atoms with E-state index in [-0.39, 0.29) is 19.6 Å². The molecule has 0 aliphatic carbocycles. The molecule has 0 radical (unpaired) electrons. The van der Waals surface area contributed by atoms with Crippen molar-refractivity contribution < 1.29 is 4.79 Å². The summed E-state index contributed by atoms with van der Waals surface area (Å²) >= 11 is -0.103. The van der Waals surface area contributed by atoms with Gasteiger partial charge in [0.2, 0.25) is 0 Å². The number of terminal acetylenes is 1. The van der Waals surface area contributed by atoms with E-state index in [0.717, 1.165) is 29.3 Å². The quantitative estimate of drug-likeness (QED) is 0.340. The summed E-state index contributed by atoms with van der Waals surface area (Å²) in [6, 6.07) is 9.89. The molecule has 0 aliphatic heterocycles. The fourth-order valence-corrected chi connectivity index (χ4v) is 3.03. The second-order valence-corrected chi connectivity index (χ2v) is 6.04. The van der Waals surface area contributed by atoms with Gasteiger partial charge in [0.15, 0.2) is 0 Å². The van der Waals surface area contributed by atoms with Gasteiger partial charge in [-0.05, 0) is 0 Å². The van der Waals surface area contributed by atoms with Crippen molar-refractivity contribution in [2.24, 2.45) is 0 Å². The molecule has 0 fully saturated rings. The van der Waals surface area contributed by atoms with Crippen molar-refractivity contribution in [3.63, 3.8) is 0 Å². The van der Waals surface area contributed by atoms with E-state index in [4.69, 9.17) is 6.42 Å². The fourth-order valence-electron chi connectivity index (χ4n) is 1.38. The summed E-state index contributed by atoms with van der Waals surface area (Å²) in [5, 5.41) is 0. The molecule has 0 N–H and O–H groups in total. The summed E-state index contributed by atoms with van der Waals surface area (Å²) in [7, 11) is 0. The molecule has 0 unspecified atom stereocenters. The first-order chi connectivity index (χ1) is 8.22. The van der Waals surface area contributed by atoms with E-state index < -0.39 is 0 Å². The number of unbranched alkanes of at least 4 members (excludes halogenated alkanes) is 1. The van der Waals surface area contributed by atoms with Crippen LogP contribution >= 0.6 is 0 Å². The van der Waals surface area contributed by atoms with Crippen LogP contribution in [0.15, 0.2) is 42.0 Å². The molecule has 0 heterocycles. The van der Waals surface area contributed by atoms with E-state index in [1.165, 1.54) is 0 Å². The monoisotopic (exact) mass is 292 g/mol. The average molecular weight is 291 g/mol. The van der Waals surface area contributed by atoms with E-state index in [1.54, 1.807) is 6.08 Å². The molecule has 0 aliphatic rings.